The monoisotopic (exact) mass is 337 g/mol. The second-order valence-corrected chi connectivity index (χ2v) is 6.16. The summed E-state index contributed by atoms with van der Waals surface area (Å²) < 4.78 is 4.85. The smallest absolute Gasteiger partial charge is 0.311 e. The number of nitrogens with one attached hydrogen (secondary N) is 1. The van der Waals surface area contributed by atoms with E-state index in [1.807, 2.05) is 12.3 Å². The lowest BCUT2D eigenvalue weighted by Crippen LogP contribution is -2.09. The molecule has 0 bridgehead atoms. The molecule has 2 aromatic heterocycles. The summed E-state index contributed by atoms with van der Waals surface area (Å²) in [6, 6.07) is 0. The normalized spacial score (nSPS) is 10.8. The Hall–Kier alpha value is -2.06. The maximum Gasteiger partial charge on any atom is 0.311 e. The Labute approximate surface area is 135 Å². The molecule has 2 rings (SSSR count). The predicted octanol–water partition coefficient (Wildman–Crippen LogP) is 2.67. The fraction of sp³-hybridized carbons (Fsp3) is 0.286. The Morgan fingerprint density at radius 2 is 2.14 bits per heavy atom. The number of hydrogen-bond acceptors (Lipinski definition) is 7. The molecule has 0 aliphatic carbocycles. The highest BCUT2D eigenvalue weighted by Crippen LogP contribution is 2.16. The van der Waals surface area contributed by atoms with Gasteiger partial charge in [-0.05, 0) is 19.9 Å². The highest BCUT2D eigenvalue weighted by atomic mass is 32.1. The van der Waals surface area contributed by atoms with Gasteiger partial charge in [0.1, 0.15) is 0 Å². The number of carbonyl (C=O) groups is 2. The molecule has 2 heterocycles. The maximum absolute atomic E-state index is 11.8. The van der Waals surface area contributed by atoms with Gasteiger partial charge in [-0.3, -0.25) is 14.9 Å². The summed E-state index contributed by atoms with van der Waals surface area (Å²) in [5.74, 6) is -0.618. The minimum Gasteiger partial charge on any atom is -0.466 e. The van der Waals surface area contributed by atoms with Gasteiger partial charge in [0, 0.05) is 16.8 Å². The second kappa shape index (κ2) is 7.81. The van der Waals surface area contributed by atoms with Gasteiger partial charge in [0.15, 0.2) is 5.13 Å². The molecule has 1 N–H and O–H groups in total. The highest BCUT2D eigenvalue weighted by molar-refractivity contribution is 7.14. The number of aromatic nitrogens is 2. The lowest BCUT2D eigenvalue weighted by molar-refractivity contribution is -0.142. The second-order valence-electron chi connectivity index (χ2n) is 4.24. The van der Waals surface area contributed by atoms with Crippen molar-refractivity contribution in [2.24, 2.45) is 0 Å². The molecule has 22 heavy (non-hydrogen) atoms. The van der Waals surface area contributed by atoms with Crippen molar-refractivity contribution in [2.75, 3.05) is 11.9 Å². The van der Waals surface area contributed by atoms with E-state index < -0.39 is 0 Å². The van der Waals surface area contributed by atoms with Gasteiger partial charge in [0.2, 0.25) is 5.91 Å². The van der Waals surface area contributed by atoms with E-state index >= 15 is 0 Å². The Bertz CT molecular complexity index is 691. The lowest BCUT2D eigenvalue weighted by atomic mass is 10.3. The van der Waals surface area contributed by atoms with Gasteiger partial charge >= 0.3 is 5.97 Å². The number of anilines is 1. The van der Waals surface area contributed by atoms with Crippen LogP contribution in [0.15, 0.2) is 16.8 Å². The average molecular weight is 337 g/mol. The third-order valence-electron chi connectivity index (χ3n) is 2.45. The van der Waals surface area contributed by atoms with E-state index in [-0.39, 0.29) is 18.3 Å². The molecular formula is C14H15N3O3S2. The van der Waals surface area contributed by atoms with Crippen LogP contribution in [0.3, 0.4) is 0 Å². The van der Waals surface area contributed by atoms with Crippen LogP contribution in [-0.2, 0) is 20.7 Å². The molecule has 0 aliphatic rings. The van der Waals surface area contributed by atoms with Gasteiger partial charge in [-0.1, -0.05) is 0 Å². The van der Waals surface area contributed by atoms with Crippen LogP contribution in [0.2, 0.25) is 0 Å². The number of ether oxygens (including phenoxy) is 1. The molecule has 0 atom stereocenters. The van der Waals surface area contributed by atoms with Crippen LogP contribution >= 0.6 is 22.7 Å². The molecular weight excluding hydrogens is 322 g/mol. The summed E-state index contributed by atoms with van der Waals surface area (Å²) in [6.07, 6.45) is 3.15. The summed E-state index contributed by atoms with van der Waals surface area (Å²) in [4.78, 5) is 31.5. The SMILES string of the molecule is CCOC(=O)Cc1csc(NC(=O)/C=C/c2csc(C)n2)n1. The Morgan fingerprint density at radius 3 is 2.82 bits per heavy atom. The maximum atomic E-state index is 11.8. The standard InChI is InChI=1S/C14H15N3O3S2/c1-3-20-13(19)6-11-8-22-14(16-11)17-12(18)5-4-10-7-21-9(2)15-10/h4-5,7-8H,3,6H2,1-2H3,(H,16,17,18)/b5-4+. The molecule has 0 saturated carbocycles. The largest absolute Gasteiger partial charge is 0.466 e. The average Bonchev–Trinajstić information content (AvgIpc) is 3.06. The van der Waals surface area contributed by atoms with Crippen LogP contribution < -0.4 is 5.32 Å². The zero-order valence-corrected chi connectivity index (χ0v) is 13.8. The van der Waals surface area contributed by atoms with E-state index in [9.17, 15) is 9.59 Å². The van der Waals surface area contributed by atoms with Crippen LogP contribution in [0.5, 0.6) is 0 Å². The van der Waals surface area contributed by atoms with E-state index in [1.165, 1.54) is 28.7 Å². The first-order valence-corrected chi connectivity index (χ1v) is 8.34. The molecule has 0 aromatic carbocycles. The fourth-order valence-electron chi connectivity index (χ4n) is 1.57. The van der Waals surface area contributed by atoms with Gasteiger partial charge in [-0.2, -0.15) is 0 Å². The van der Waals surface area contributed by atoms with Gasteiger partial charge < -0.3 is 4.74 Å². The zero-order valence-electron chi connectivity index (χ0n) is 12.2. The number of carbonyl (C=O) groups excluding carboxylic acids is 2. The molecule has 0 spiro atoms. The molecule has 0 fully saturated rings. The molecule has 0 saturated heterocycles. The van der Waals surface area contributed by atoms with Crippen molar-refractivity contribution in [1.29, 1.82) is 0 Å². The van der Waals surface area contributed by atoms with Crippen LogP contribution in [0, 0.1) is 6.92 Å². The first-order valence-electron chi connectivity index (χ1n) is 6.58. The number of thiazole rings is 2. The molecule has 116 valence electrons. The topological polar surface area (TPSA) is 81.2 Å². The van der Waals surface area contributed by atoms with Crippen molar-refractivity contribution in [3.63, 3.8) is 0 Å². The van der Waals surface area contributed by atoms with Crippen molar-refractivity contribution in [1.82, 2.24) is 9.97 Å². The first kappa shape index (κ1) is 16.3. The zero-order chi connectivity index (χ0) is 15.9. The third kappa shape index (κ3) is 5.05. The van der Waals surface area contributed by atoms with E-state index in [4.69, 9.17) is 4.74 Å². The fourth-order valence-corrected chi connectivity index (χ4v) is 2.86. The number of amides is 1. The summed E-state index contributed by atoms with van der Waals surface area (Å²) in [5.41, 5.74) is 1.33. The van der Waals surface area contributed by atoms with Gasteiger partial charge in [-0.25, -0.2) is 9.97 Å². The molecule has 1 amide bonds. The number of nitrogens with zero attached hydrogens (tertiary/aromatic N) is 2. The van der Waals surface area contributed by atoms with E-state index in [0.717, 1.165) is 10.7 Å². The van der Waals surface area contributed by atoms with Crippen molar-refractivity contribution in [2.45, 2.75) is 20.3 Å². The quantitative estimate of drug-likeness (QED) is 0.647. The predicted molar refractivity (Wildman–Crippen MR) is 87.0 cm³/mol. The molecule has 0 unspecified atom stereocenters. The molecule has 2 aromatic rings. The number of rotatable bonds is 6. The third-order valence-corrected chi connectivity index (χ3v) is 4.05. The number of aryl methyl sites for hydroxylation is 1. The first-order chi connectivity index (χ1) is 10.6. The van der Waals surface area contributed by atoms with Gasteiger partial charge in [-0.15, -0.1) is 22.7 Å². The van der Waals surface area contributed by atoms with Crippen LogP contribution in [-0.4, -0.2) is 28.5 Å². The molecule has 0 aliphatic heterocycles. The van der Waals surface area contributed by atoms with E-state index in [0.29, 0.717) is 17.4 Å². The van der Waals surface area contributed by atoms with E-state index in [1.54, 1.807) is 18.4 Å². The summed E-state index contributed by atoms with van der Waals surface area (Å²) in [6.45, 7) is 4.00. The number of hydrogen-bond donors (Lipinski definition) is 1. The van der Waals surface area contributed by atoms with Crippen molar-refractivity contribution < 1.29 is 14.3 Å². The van der Waals surface area contributed by atoms with Crippen molar-refractivity contribution in [3.05, 3.63) is 33.2 Å². The summed E-state index contributed by atoms with van der Waals surface area (Å²) in [5, 5.41) is 7.64. The summed E-state index contributed by atoms with van der Waals surface area (Å²) in [7, 11) is 0. The van der Waals surface area contributed by atoms with Gasteiger partial charge in [0.05, 0.1) is 29.4 Å². The van der Waals surface area contributed by atoms with Crippen LogP contribution in [0.4, 0.5) is 5.13 Å². The molecule has 6 nitrogen and oxygen atoms in total. The highest BCUT2D eigenvalue weighted by Gasteiger charge is 2.09. The number of esters is 1. The molecule has 0 radical (unpaired) electrons. The summed E-state index contributed by atoms with van der Waals surface area (Å²) >= 11 is 2.79. The van der Waals surface area contributed by atoms with E-state index in [2.05, 4.69) is 15.3 Å². The lowest BCUT2D eigenvalue weighted by Gasteiger charge is -1.98. The Balaban J connectivity index is 1.88. The van der Waals surface area contributed by atoms with Crippen molar-refractivity contribution in [3.8, 4) is 0 Å². The van der Waals surface area contributed by atoms with Crippen LogP contribution in [0.1, 0.15) is 23.3 Å². The van der Waals surface area contributed by atoms with Crippen LogP contribution in [0.25, 0.3) is 6.08 Å². The minimum absolute atomic E-state index is 0.105. The minimum atomic E-state index is -0.329. The Morgan fingerprint density at radius 1 is 1.32 bits per heavy atom. The molecule has 8 heteroatoms. The Kier molecular flexibility index (Phi) is 5.79. The van der Waals surface area contributed by atoms with Crippen molar-refractivity contribution >= 4 is 45.8 Å². The van der Waals surface area contributed by atoms with Gasteiger partial charge in [0.25, 0.3) is 0 Å².